The Morgan fingerprint density at radius 3 is 1.58 bits per heavy atom. The summed E-state index contributed by atoms with van der Waals surface area (Å²) < 4.78 is 0. The van der Waals surface area contributed by atoms with E-state index in [1.807, 2.05) is 55.5 Å². The fourth-order valence-corrected chi connectivity index (χ4v) is 2.52. The van der Waals surface area contributed by atoms with Gasteiger partial charge in [-0.1, -0.05) is 74.5 Å². The van der Waals surface area contributed by atoms with E-state index in [0.717, 1.165) is 11.8 Å². The Morgan fingerprint density at radius 2 is 1.16 bits per heavy atom. The summed E-state index contributed by atoms with van der Waals surface area (Å²) in [4.78, 5) is 11.8. The zero-order valence-electron chi connectivity index (χ0n) is 11.8. The molecule has 1 unspecified atom stereocenters. The minimum Gasteiger partial charge on any atom is -0.302 e. The van der Waals surface area contributed by atoms with Crippen LogP contribution in [0.4, 0.5) is 0 Å². The third-order valence-corrected chi connectivity index (χ3v) is 4.40. The predicted molar refractivity (Wildman–Crippen MR) is 79.3 cm³/mol. The average Bonchev–Trinajstić information content (AvgIpc) is 2.48. The van der Waals surface area contributed by atoms with Crippen LogP contribution < -0.4 is 0 Å². The van der Waals surface area contributed by atoms with Crippen LogP contribution in [-0.2, 0) is 15.6 Å². The second-order valence-corrected chi connectivity index (χ2v) is 5.68. The lowest BCUT2D eigenvalue weighted by molar-refractivity contribution is -0.114. The lowest BCUT2D eigenvalue weighted by atomic mass is 9.61. The molecule has 2 aromatic rings. The molecule has 19 heavy (non-hydrogen) atoms. The topological polar surface area (TPSA) is 17.1 Å². The van der Waals surface area contributed by atoms with Gasteiger partial charge in [0.05, 0.1) is 5.41 Å². The molecule has 0 amide bonds. The molecule has 0 bridgehead atoms. The average molecular weight is 252 g/mol. The van der Waals surface area contributed by atoms with Gasteiger partial charge < -0.3 is 4.79 Å². The summed E-state index contributed by atoms with van der Waals surface area (Å²) in [6.45, 7) is 6.27. The minimum absolute atomic E-state index is 0.267. The molecule has 0 aliphatic carbocycles. The first-order valence-electron chi connectivity index (χ1n) is 6.60. The third-order valence-electron chi connectivity index (χ3n) is 4.40. The summed E-state index contributed by atoms with van der Waals surface area (Å²) in [6.07, 6.45) is 1.08. The third kappa shape index (κ3) is 2.21. The van der Waals surface area contributed by atoms with E-state index >= 15 is 0 Å². The van der Waals surface area contributed by atoms with Crippen molar-refractivity contribution >= 4 is 6.29 Å². The van der Waals surface area contributed by atoms with E-state index in [0.29, 0.717) is 0 Å². The molecule has 0 saturated carbocycles. The number of benzene rings is 2. The lowest BCUT2D eigenvalue weighted by Crippen LogP contribution is -2.44. The van der Waals surface area contributed by atoms with Gasteiger partial charge in [0, 0.05) is 5.41 Å². The van der Waals surface area contributed by atoms with Crippen molar-refractivity contribution in [2.45, 2.75) is 31.6 Å². The molecule has 0 fully saturated rings. The number of carbonyl (C=O) groups is 1. The van der Waals surface area contributed by atoms with Crippen LogP contribution in [-0.4, -0.2) is 6.29 Å². The van der Waals surface area contributed by atoms with Crippen LogP contribution in [0.1, 0.15) is 31.9 Å². The van der Waals surface area contributed by atoms with Gasteiger partial charge in [0.1, 0.15) is 6.29 Å². The molecule has 1 nitrogen and oxygen atoms in total. The van der Waals surface area contributed by atoms with Gasteiger partial charge in [-0.05, 0) is 18.1 Å². The van der Waals surface area contributed by atoms with Crippen LogP contribution in [0.25, 0.3) is 0 Å². The van der Waals surface area contributed by atoms with Crippen molar-refractivity contribution in [2.24, 2.45) is 0 Å². The summed E-state index contributed by atoms with van der Waals surface area (Å²) in [7, 11) is 0. The monoisotopic (exact) mass is 252 g/mol. The van der Waals surface area contributed by atoms with Crippen molar-refractivity contribution in [3.8, 4) is 0 Å². The van der Waals surface area contributed by atoms with E-state index in [1.54, 1.807) is 0 Å². The predicted octanol–water partition coefficient (Wildman–Crippen LogP) is 4.12. The zero-order valence-corrected chi connectivity index (χ0v) is 11.8. The van der Waals surface area contributed by atoms with Gasteiger partial charge in [-0.2, -0.15) is 0 Å². The smallest absolute Gasteiger partial charge is 0.131 e. The molecule has 0 N–H and O–H groups in total. The SMILES string of the molecule is CC(C)(c1ccccc1)C(C)(C=O)c1ccccc1. The van der Waals surface area contributed by atoms with Crippen molar-refractivity contribution < 1.29 is 4.79 Å². The fourth-order valence-electron chi connectivity index (χ4n) is 2.52. The van der Waals surface area contributed by atoms with Crippen LogP contribution in [0.3, 0.4) is 0 Å². The molecule has 2 rings (SSSR count). The Hall–Kier alpha value is -1.89. The van der Waals surface area contributed by atoms with Gasteiger partial charge in [0.15, 0.2) is 0 Å². The molecule has 0 heterocycles. The van der Waals surface area contributed by atoms with Crippen molar-refractivity contribution in [2.75, 3.05) is 0 Å². The molecule has 1 atom stereocenters. The van der Waals surface area contributed by atoms with Gasteiger partial charge in [-0.3, -0.25) is 0 Å². The van der Waals surface area contributed by atoms with Crippen LogP contribution in [0.5, 0.6) is 0 Å². The number of hydrogen-bond acceptors (Lipinski definition) is 1. The molecule has 0 saturated heterocycles. The largest absolute Gasteiger partial charge is 0.302 e. The summed E-state index contributed by atoms with van der Waals surface area (Å²) in [6, 6.07) is 20.2. The maximum Gasteiger partial charge on any atom is 0.131 e. The number of aldehydes is 1. The zero-order chi connectivity index (χ0) is 13.9. The Balaban J connectivity index is 2.55. The first kappa shape index (κ1) is 13.5. The van der Waals surface area contributed by atoms with Crippen LogP contribution in [0.15, 0.2) is 60.7 Å². The van der Waals surface area contributed by atoms with E-state index in [9.17, 15) is 4.79 Å². The lowest BCUT2D eigenvalue weighted by Gasteiger charge is -2.41. The highest BCUT2D eigenvalue weighted by atomic mass is 16.1. The fraction of sp³-hybridized carbons (Fsp3) is 0.278. The highest BCUT2D eigenvalue weighted by Gasteiger charge is 2.43. The molecule has 98 valence electrons. The summed E-state index contributed by atoms with van der Waals surface area (Å²) in [5.41, 5.74) is 1.42. The Bertz CT molecular complexity index is 542. The van der Waals surface area contributed by atoms with E-state index < -0.39 is 5.41 Å². The number of rotatable bonds is 4. The highest BCUT2D eigenvalue weighted by Crippen LogP contribution is 2.42. The quantitative estimate of drug-likeness (QED) is 0.748. The van der Waals surface area contributed by atoms with Crippen molar-refractivity contribution in [1.82, 2.24) is 0 Å². The van der Waals surface area contributed by atoms with E-state index in [1.165, 1.54) is 5.56 Å². The Kier molecular flexibility index (Phi) is 3.57. The minimum atomic E-state index is -0.546. The van der Waals surface area contributed by atoms with E-state index in [2.05, 4.69) is 26.0 Å². The molecule has 0 aliphatic rings. The van der Waals surface area contributed by atoms with Crippen molar-refractivity contribution in [1.29, 1.82) is 0 Å². The Morgan fingerprint density at radius 1 is 0.737 bits per heavy atom. The second-order valence-electron chi connectivity index (χ2n) is 5.68. The second kappa shape index (κ2) is 5.00. The maximum atomic E-state index is 11.8. The van der Waals surface area contributed by atoms with Gasteiger partial charge in [-0.25, -0.2) is 0 Å². The van der Waals surface area contributed by atoms with Crippen molar-refractivity contribution in [3.63, 3.8) is 0 Å². The normalized spacial score (nSPS) is 14.7. The molecule has 0 spiro atoms. The molecule has 0 aromatic heterocycles. The van der Waals surface area contributed by atoms with Gasteiger partial charge in [-0.15, -0.1) is 0 Å². The number of hydrogen-bond donors (Lipinski definition) is 0. The molecule has 0 aliphatic heterocycles. The first-order chi connectivity index (χ1) is 9.02. The number of carbonyl (C=O) groups excluding carboxylic acids is 1. The highest BCUT2D eigenvalue weighted by molar-refractivity contribution is 5.71. The van der Waals surface area contributed by atoms with Crippen LogP contribution in [0, 0.1) is 0 Å². The van der Waals surface area contributed by atoms with Crippen LogP contribution >= 0.6 is 0 Å². The van der Waals surface area contributed by atoms with E-state index in [-0.39, 0.29) is 5.41 Å². The molecular formula is C18H20O. The van der Waals surface area contributed by atoms with Crippen LogP contribution in [0.2, 0.25) is 0 Å². The van der Waals surface area contributed by atoms with Gasteiger partial charge in [0.25, 0.3) is 0 Å². The summed E-state index contributed by atoms with van der Waals surface area (Å²) in [5, 5.41) is 0. The Labute approximate surface area is 115 Å². The standard InChI is InChI=1S/C18H20O/c1-17(2,15-10-6-4-7-11-15)18(3,14-19)16-12-8-5-9-13-16/h4-14H,1-3H3. The molecule has 2 aromatic carbocycles. The molecule has 0 radical (unpaired) electrons. The van der Waals surface area contributed by atoms with Crippen molar-refractivity contribution in [3.05, 3.63) is 71.8 Å². The molecular weight excluding hydrogens is 232 g/mol. The maximum absolute atomic E-state index is 11.8. The van der Waals surface area contributed by atoms with E-state index in [4.69, 9.17) is 0 Å². The summed E-state index contributed by atoms with van der Waals surface area (Å²) in [5.74, 6) is 0. The molecule has 1 heteroatoms. The summed E-state index contributed by atoms with van der Waals surface area (Å²) >= 11 is 0. The van der Waals surface area contributed by atoms with Gasteiger partial charge >= 0.3 is 0 Å². The van der Waals surface area contributed by atoms with Gasteiger partial charge in [0.2, 0.25) is 0 Å². The first-order valence-corrected chi connectivity index (χ1v) is 6.60.